The van der Waals surface area contributed by atoms with Crippen LogP contribution in [0.15, 0.2) is 49.0 Å². The van der Waals surface area contributed by atoms with Crippen LogP contribution in [0.4, 0.5) is 11.5 Å². The van der Waals surface area contributed by atoms with Gasteiger partial charge in [0.15, 0.2) is 0 Å². The third-order valence-corrected chi connectivity index (χ3v) is 4.33. The summed E-state index contributed by atoms with van der Waals surface area (Å²) in [5.41, 5.74) is 10.0. The first-order chi connectivity index (χ1) is 11.2. The quantitative estimate of drug-likeness (QED) is 0.880. The van der Waals surface area contributed by atoms with Crippen molar-refractivity contribution >= 4 is 17.2 Å². The topological polar surface area (TPSA) is 45.4 Å². The van der Waals surface area contributed by atoms with E-state index in [1.807, 2.05) is 24.3 Å². The second kappa shape index (κ2) is 6.73. The molecule has 2 heterocycles. The van der Waals surface area contributed by atoms with Crippen molar-refractivity contribution in [3.05, 3.63) is 60.3 Å². The molecule has 1 aliphatic rings. The highest BCUT2D eigenvalue weighted by Crippen LogP contribution is 2.26. The fraction of sp³-hybridized carbons (Fsp3) is 0.316. The molecule has 2 N–H and O–H groups in total. The maximum Gasteiger partial charge on any atom is 0.130 e. The molecule has 1 aromatic heterocycles. The molecule has 4 nitrogen and oxygen atoms in total. The maximum atomic E-state index is 6.10. The molecule has 1 aromatic carbocycles. The van der Waals surface area contributed by atoms with Gasteiger partial charge in [0.1, 0.15) is 5.82 Å². The summed E-state index contributed by atoms with van der Waals surface area (Å²) in [6.07, 6.45) is 2.04. The summed E-state index contributed by atoms with van der Waals surface area (Å²) < 4.78 is 0. The van der Waals surface area contributed by atoms with E-state index >= 15 is 0 Å². The van der Waals surface area contributed by atoms with Crippen LogP contribution in [-0.4, -0.2) is 29.6 Å². The summed E-state index contributed by atoms with van der Waals surface area (Å²) in [6, 6.07) is 14.2. The Morgan fingerprint density at radius 2 is 2.00 bits per heavy atom. The summed E-state index contributed by atoms with van der Waals surface area (Å²) in [5, 5.41) is 0. The van der Waals surface area contributed by atoms with Gasteiger partial charge in [-0.25, -0.2) is 4.98 Å². The number of para-hydroxylation sites is 1. The SMILES string of the molecule is C=C(c1ccccc1N)N1CCCN(c2cccc(CC)n2)C1. The molecule has 1 fully saturated rings. The van der Waals surface area contributed by atoms with Gasteiger partial charge >= 0.3 is 0 Å². The lowest BCUT2D eigenvalue weighted by Crippen LogP contribution is -2.44. The largest absolute Gasteiger partial charge is 0.398 e. The molecule has 3 rings (SSSR count). The van der Waals surface area contributed by atoms with Crippen molar-refractivity contribution in [2.45, 2.75) is 19.8 Å². The molecule has 4 heteroatoms. The third-order valence-electron chi connectivity index (χ3n) is 4.33. The Morgan fingerprint density at radius 1 is 1.17 bits per heavy atom. The van der Waals surface area contributed by atoms with E-state index in [9.17, 15) is 0 Å². The minimum Gasteiger partial charge on any atom is -0.398 e. The normalized spacial score (nSPS) is 14.8. The lowest BCUT2D eigenvalue weighted by atomic mass is 10.1. The third kappa shape index (κ3) is 3.31. The lowest BCUT2D eigenvalue weighted by Gasteiger charge is -2.39. The average Bonchev–Trinajstić information content (AvgIpc) is 2.62. The number of benzene rings is 1. The monoisotopic (exact) mass is 308 g/mol. The first-order valence-corrected chi connectivity index (χ1v) is 8.18. The summed E-state index contributed by atoms with van der Waals surface area (Å²) in [7, 11) is 0. The van der Waals surface area contributed by atoms with Gasteiger partial charge in [0, 0.05) is 35.7 Å². The van der Waals surface area contributed by atoms with Gasteiger partial charge in [-0.1, -0.05) is 37.8 Å². The van der Waals surface area contributed by atoms with Gasteiger partial charge in [-0.3, -0.25) is 0 Å². The predicted octanol–water partition coefficient (Wildman–Crippen LogP) is 3.37. The van der Waals surface area contributed by atoms with Gasteiger partial charge < -0.3 is 15.5 Å². The lowest BCUT2D eigenvalue weighted by molar-refractivity contribution is 0.343. The van der Waals surface area contributed by atoms with Gasteiger partial charge in [0.05, 0.1) is 6.67 Å². The van der Waals surface area contributed by atoms with E-state index in [1.165, 1.54) is 0 Å². The van der Waals surface area contributed by atoms with E-state index in [0.29, 0.717) is 0 Å². The number of aromatic nitrogens is 1. The molecular weight excluding hydrogens is 284 g/mol. The zero-order valence-electron chi connectivity index (χ0n) is 13.7. The molecule has 0 radical (unpaired) electrons. The number of nitrogen functional groups attached to an aromatic ring is 1. The van der Waals surface area contributed by atoms with Crippen molar-refractivity contribution in [3.8, 4) is 0 Å². The van der Waals surface area contributed by atoms with Crippen molar-refractivity contribution < 1.29 is 0 Å². The fourth-order valence-corrected chi connectivity index (χ4v) is 2.98. The van der Waals surface area contributed by atoms with Gasteiger partial charge in [-0.05, 0) is 31.0 Å². The summed E-state index contributed by atoms with van der Waals surface area (Å²) in [4.78, 5) is 9.34. The van der Waals surface area contributed by atoms with Crippen LogP contribution in [-0.2, 0) is 6.42 Å². The minimum absolute atomic E-state index is 0.778. The molecular formula is C19H24N4. The molecule has 0 unspecified atom stereocenters. The van der Waals surface area contributed by atoms with Crippen molar-refractivity contribution in [2.24, 2.45) is 0 Å². The molecule has 0 amide bonds. The van der Waals surface area contributed by atoms with Gasteiger partial charge in [0.25, 0.3) is 0 Å². The van der Waals surface area contributed by atoms with E-state index in [1.54, 1.807) is 0 Å². The Balaban J connectivity index is 1.78. The number of pyridine rings is 1. The van der Waals surface area contributed by atoms with E-state index in [0.717, 1.165) is 61.1 Å². The van der Waals surface area contributed by atoms with E-state index in [-0.39, 0.29) is 0 Å². The van der Waals surface area contributed by atoms with E-state index in [4.69, 9.17) is 10.7 Å². The average molecular weight is 308 g/mol. The maximum absolute atomic E-state index is 6.10. The molecule has 23 heavy (non-hydrogen) atoms. The molecule has 0 aliphatic carbocycles. The smallest absolute Gasteiger partial charge is 0.130 e. The highest BCUT2D eigenvalue weighted by molar-refractivity contribution is 5.72. The number of nitrogens with two attached hydrogens (primary N) is 1. The van der Waals surface area contributed by atoms with Crippen molar-refractivity contribution in [3.63, 3.8) is 0 Å². The van der Waals surface area contributed by atoms with Crippen LogP contribution in [0.5, 0.6) is 0 Å². The van der Waals surface area contributed by atoms with Crippen molar-refractivity contribution in [1.29, 1.82) is 0 Å². The van der Waals surface area contributed by atoms with E-state index in [2.05, 4.69) is 41.5 Å². The van der Waals surface area contributed by atoms with Crippen LogP contribution in [0, 0.1) is 0 Å². The molecule has 0 atom stereocenters. The molecule has 2 aromatic rings. The number of anilines is 2. The Labute approximate surface area is 138 Å². The summed E-state index contributed by atoms with van der Waals surface area (Å²) in [6.45, 7) is 9.22. The zero-order valence-corrected chi connectivity index (χ0v) is 13.7. The number of nitrogens with zero attached hydrogens (tertiary/aromatic N) is 3. The molecule has 0 bridgehead atoms. The zero-order chi connectivity index (χ0) is 16.2. The van der Waals surface area contributed by atoms with E-state index < -0.39 is 0 Å². The highest BCUT2D eigenvalue weighted by Gasteiger charge is 2.21. The Hall–Kier alpha value is -2.49. The number of hydrogen-bond acceptors (Lipinski definition) is 4. The summed E-state index contributed by atoms with van der Waals surface area (Å²) in [5.74, 6) is 1.04. The molecule has 0 saturated carbocycles. The van der Waals surface area contributed by atoms with Gasteiger partial charge in [0.2, 0.25) is 0 Å². The molecule has 1 aliphatic heterocycles. The van der Waals surface area contributed by atoms with Crippen LogP contribution < -0.4 is 10.6 Å². The Bertz CT molecular complexity index is 695. The highest BCUT2D eigenvalue weighted by atomic mass is 15.4. The molecule has 120 valence electrons. The summed E-state index contributed by atoms with van der Waals surface area (Å²) >= 11 is 0. The molecule has 0 spiro atoms. The Kier molecular flexibility index (Phi) is 4.51. The first-order valence-electron chi connectivity index (χ1n) is 8.18. The van der Waals surface area contributed by atoms with Crippen LogP contribution in [0.25, 0.3) is 5.70 Å². The standard InChI is InChI=1S/C19H24N4/c1-3-16-8-6-11-19(21-16)23-13-7-12-22(14-23)15(2)17-9-4-5-10-18(17)20/h4-6,8-11H,2-3,7,12-14,20H2,1H3. The fourth-order valence-electron chi connectivity index (χ4n) is 2.98. The second-order valence-electron chi connectivity index (χ2n) is 5.90. The Morgan fingerprint density at radius 3 is 2.78 bits per heavy atom. The van der Waals surface area contributed by atoms with Crippen LogP contribution in [0.2, 0.25) is 0 Å². The number of rotatable bonds is 4. The number of aryl methyl sites for hydroxylation is 1. The van der Waals surface area contributed by atoms with Crippen LogP contribution >= 0.6 is 0 Å². The van der Waals surface area contributed by atoms with Gasteiger partial charge in [-0.15, -0.1) is 0 Å². The van der Waals surface area contributed by atoms with Crippen molar-refractivity contribution in [1.82, 2.24) is 9.88 Å². The molecule has 1 saturated heterocycles. The predicted molar refractivity (Wildman–Crippen MR) is 97.0 cm³/mol. The van der Waals surface area contributed by atoms with Gasteiger partial charge in [-0.2, -0.15) is 0 Å². The second-order valence-corrected chi connectivity index (χ2v) is 5.90. The van der Waals surface area contributed by atoms with Crippen LogP contribution in [0.1, 0.15) is 24.6 Å². The first kappa shape index (κ1) is 15.4. The van der Waals surface area contributed by atoms with Crippen molar-refractivity contribution in [2.75, 3.05) is 30.4 Å². The minimum atomic E-state index is 0.778. The van der Waals surface area contributed by atoms with Crippen LogP contribution in [0.3, 0.4) is 0 Å². The number of hydrogen-bond donors (Lipinski definition) is 1.